The van der Waals surface area contributed by atoms with E-state index in [2.05, 4.69) is 49.2 Å². The van der Waals surface area contributed by atoms with E-state index < -0.39 is 6.04 Å². The Morgan fingerprint density at radius 3 is 2.55 bits per heavy atom. The van der Waals surface area contributed by atoms with Crippen molar-refractivity contribution in [3.63, 3.8) is 0 Å². The standard InChI is InChI=1S/C25H27N3O3/c1-15(2)16-7-9-17(10-8-16)24-23-19(18-5-3-4-6-20(18)26-23)13-21-25(31)27(11-12-29)14-22(30)28(21)24/h3-10,15,21,24,26,29H,11-14H2,1-2H3. The summed E-state index contributed by atoms with van der Waals surface area (Å²) in [6.07, 6.45) is 0.479. The highest BCUT2D eigenvalue weighted by molar-refractivity contribution is 5.97. The highest BCUT2D eigenvalue weighted by Crippen LogP contribution is 2.42. The van der Waals surface area contributed by atoms with Crippen LogP contribution in [0, 0.1) is 0 Å². The number of β-amino-alcohol motifs (C(OH)–C–C–N with tert-alkyl or cyclic N) is 1. The Balaban J connectivity index is 1.67. The van der Waals surface area contributed by atoms with Crippen molar-refractivity contribution in [3.8, 4) is 0 Å². The van der Waals surface area contributed by atoms with Crippen molar-refractivity contribution in [2.75, 3.05) is 19.7 Å². The molecular weight excluding hydrogens is 390 g/mol. The first-order valence-electron chi connectivity index (χ1n) is 10.9. The number of piperazine rings is 1. The molecule has 2 N–H and O–H groups in total. The summed E-state index contributed by atoms with van der Waals surface area (Å²) >= 11 is 0. The summed E-state index contributed by atoms with van der Waals surface area (Å²) in [5, 5.41) is 10.5. The van der Waals surface area contributed by atoms with E-state index in [-0.39, 0.29) is 37.6 Å². The molecule has 0 spiro atoms. The van der Waals surface area contributed by atoms with Gasteiger partial charge in [0.25, 0.3) is 0 Å². The lowest BCUT2D eigenvalue weighted by Gasteiger charge is -2.47. The van der Waals surface area contributed by atoms with Gasteiger partial charge in [-0.15, -0.1) is 0 Å². The number of carbonyl (C=O) groups excluding carboxylic acids is 2. The van der Waals surface area contributed by atoms with Crippen LogP contribution in [0.5, 0.6) is 0 Å². The maximum atomic E-state index is 13.3. The van der Waals surface area contributed by atoms with Crippen molar-refractivity contribution in [3.05, 3.63) is 70.9 Å². The van der Waals surface area contributed by atoms with Crippen LogP contribution in [0.25, 0.3) is 10.9 Å². The summed E-state index contributed by atoms with van der Waals surface area (Å²) in [4.78, 5) is 33.4. The summed E-state index contributed by atoms with van der Waals surface area (Å²) in [7, 11) is 0. The molecule has 31 heavy (non-hydrogen) atoms. The Bertz CT molecular complexity index is 1150. The van der Waals surface area contributed by atoms with Crippen LogP contribution in [0.2, 0.25) is 0 Å². The molecule has 2 unspecified atom stereocenters. The number of rotatable bonds is 4. The van der Waals surface area contributed by atoms with Gasteiger partial charge in [0.05, 0.1) is 19.2 Å². The number of aromatic nitrogens is 1. The normalized spacial score (nSPS) is 21.0. The minimum Gasteiger partial charge on any atom is -0.395 e. The van der Waals surface area contributed by atoms with E-state index in [0.29, 0.717) is 12.3 Å². The zero-order chi connectivity index (χ0) is 21.7. The fourth-order valence-corrected chi connectivity index (χ4v) is 5.04. The number of para-hydroxylation sites is 1. The fourth-order valence-electron chi connectivity index (χ4n) is 5.04. The molecule has 2 aliphatic heterocycles. The van der Waals surface area contributed by atoms with E-state index in [4.69, 9.17) is 0 Å². The number of carbonyl (C=O) groups is 2. The molecule has 0 aliphatic carbocycles. The third-order valence-electron chi connectivity index (χ3n) is 6.63. The minimum absolute atomic E-state index is 0.00598. The van der Waals surface area contributed by atoms with Crippen LogP contribution in [0.1, 0.15) is 48.2 Å². The summed E-state index contributed by atoms with van der Waals surface area (Å²) in [6, 6.07) is 15.6. The second-order valence-corrected chi connectivity index (χ2v) is 8.79. The van der Waals surface area contributed by atoms with Crippen molar-refractivity contribution < 1.29 is 14.7 Å². The van der Waals surface area contributed by atoms with Crippen LogP contribution >= 0.6 is 0 Å². The molecule has 1 saturated heterocycles. The lowest BCUT2D eigenvalue weighted by molar-refractivity contribution is -0.159. The van der Waals surface area contributed by atoms with Gasteiger partial charge in [0.1, 0.15) is 6.04 Å². The summed E-state index contributed by atoms with van der Waals surface area (Å²) in [5.41, 5.74) is 5.35. The van der Waals surface area contributed by atoms with E-state index in [1.54, 1.807) is 4.90 Å². The quantitative estimate of drug-likeness (QED) is 0.685. The smallest absolute Gasteiger partial charge is 0.246 e. The summed E-state index contributed by atoms with van der Waals surface area (Å²) in [5.74, 6) is 0.246. The van der Waals surface area contributed by atoms with Gasteiger partial charge in [0.15, 0.2) is 0 Å². The largest absolute Gasteiger partial charge is 0.395 e. The molecular formula is C25H27N3O3. The number of aliphatic hydroxyl groups excluding tert-OH is 1. The van der Waals surface area contributed by atoms with Gasteiger partial charge < -0.3 is 19.9 Å². The second kappa shape index (κ2) is 7.54. The number of hydrogen-bond acceptors (Lipinski definition) is 3. The van der Waals surface area contributed by atoms with Crippen molar-refractivity contribution in [2.24, 2.45) is 0 Å². The SMILES string of the molecule is CC(C)c1ccc(C2c3[nH]c4ccccc4c3CC3C(=O)N(CCO)CC(=O)N32)cc1. The number of aliphatic hydroxyl groups is 1. The monoisotopic (exact) mass is 417 g/mol. The number of amides is 2. The lowest BCUT2D eigenvalue weighted by Crippen LogP contribution is -2.63. The third-order valence-corrected chi connectivity index (χ3v) is 6.63. The molecule has 6 heteroatoms. The van der Waals surface area contributed by atoms with Crippen molar-refractivity contribution >= 4 is 22.7 Å². The molecule has 2 aliphatic rings. The molecule has 5 rings (SSSR count). The van der Waals surface area contributed by atoms with Crippen LogP contribution in [0.4, 0.5) is 0 Å². The maximum Gasteiger partial charge on any atom is 0.246 e. The number of aromatic amines is 1. The molecule has 2 amide bonds. The van der Waals surface area contributed by atoms with Crippen LogP contribution in [-0.2, 0) is 16.0 Å². The van der Waals surface area contributed by atoms with E-state index >= 15 is 0 Å². The topological polar surface area (TPSA) is 76.6 Å². The van der Waals surface area contributed by atoms with Gasteiger partial charge in [-0.05, 0) is 28.7 Å². The number of fused-ring (bicyclic) bond motifs is 4. The average Bonchev–Trinajstić information content (AvgIpc) is 3.14. The third kappa shape index (κ3) is 3.13. The molecule has 160 valence electrons. The van der Waals surface area contributed by atoms with Crippen molar-refractivity contribution in [2.45, 2.75) is 38.3 Å². The molecule has 2 atom stereocenters. The van der Waals surface area contributed by atoms with Gasteiger partial charge in [-0.25, -0.2) is 0 Å². The number of hydrogen-bond donors (Lipinski definition) is 2. The first kappa shape index (κ1) is 19.8. The predicted molar refractivity (Wildman–Crippen MR) is 119 cm³/mol. The number of benzene rings is 2. The van der Waals surface area contributed by atoms with Crippen LogP contribution in [0.15, 0.2) is 48.5 Å². The predicted octanol–water partition coefficient (Wildman–Crippen LogP) is 2.97. The first-order valence-corrected chi connectivity index (χ1v) is 10.9. The number of nitrogens with one attached hydrogen (secondary N) is 1. The van der Waals surface area contributed by atoms with E-state index in [1.807, 2.05) is 18.2 Å². The van der Waals surface area contributed by atoms with Gasteiger partial charge >= 0.3 is 0 Å². The van der Waals surface area contributed by atoms with Gasteiger partial charge in [-0.1, -0.05) is 56.3 Å². The van der Waals surface area contributed by atoms with Crippen LogP contribution < -0.4 is 0 Å². The number of H-pyrrole nitrogens is 1. The zero-order valence-electron chi connectivity index (χ0n) is 17.8. The Morgan fingerprint density at radius 1 is 1.10 bits per heavy atom. The molecule has 3 heterocycles. The molecule has 0 bridgehead atoms. The second-order valence-electron chi connectivity index (χ2n) is 8.79. The Kier molecular flexibility index (Phi) is 4.82. The van der Waals surface area contributed by atoms with E-state index in [1.165, 1.54) is 10.5 Å². The van der Waals surface area contributed by atoms with Crippen molar-refractivity contribution in [1.82, 2.24) is 14.8 Å². The van der Waals surface area contributed by atoms with Gasteiger partial charge in [-0.2, -0.15) is 0 Å². The highest BCUT2D eigenvalue weighted by Gasteiger charge is 2.48. The summed E-state index contributed by atoms with van der Waals surface area (Å²) < 4.78 is 0. The molecule has 1 fully saturated rings. The Hall–Kier alpha value is -3.12. The molecule has 2 aromatic carbocycles. The summed E-state index contributed by atoms with van der Waals surface area (Å²) in [6.45, 7) is 4.35. The fraction of sp³-hybridized carbons (Fsp3) is 0.360. The van der Waals surface area contributed by atoms with Crippen LogP contribution in [-0.4, -0.2) is 57.4 Å². The Morgan fingerprint density at radius 2 is 1.84 bits per heavy atom. The first-order chi connectivity index (χ1) is 15.0. The molecule has 3 aromatic rings. The Labute approximate surface area is 181 Å². The average molecular weight is 418 g/mol. The molecule has 1 aromatic heterocycles. The van der Waals surface area contributed by atoms with E-state index in [0.717, 1.165) is 27.7 Å². The maximum absolute atomic E-state index is 13.3. The molecule has 0 radical (unpaired) electrons. The number of nitrogens with zero attached hydrogens (tertiary/aromatic N) is 2. The molecule has 6 nitrogen and oxygen atoms in total. The van der Waals surface area contributed by atoms with E-state index in [9.17, 15) is 14.7 Å². The lowest BCUT2D eigenvalue weighted by atomic mass is 9.85. The molecule has 0 saturated carbocycles. The minimum atomic E-state index is -0.561. The van der Waals surface area contributed by atoms with Gasteiger partial charge in [0, 0.05) is 29.6 Å². The highest BCUT2D eigenvalue weighted by atomic mass is 16.3. The zero-order valence-corrected chi connectivity index (χ0v) is 17.8. The van der Waals surface area contributed by atoms with Gasteiger partial charge in [-0.3, -0.25) is 9.59 Å². The van der Waals surface area contributed by atoms with Crippen molar-refractivity contribution in [1.29, 1.82) is 0 Å². The van der Waals surface area contributed by atoms with Gasteiger partial charge in [0.2, 0.25) is 11.8 Å². The van der Waals surface area contributed by atoms with Crippen LogP contribution in [0.3, 0.4) is 0 Å².